The third-order valence-electron chi connectivity index (χ3n) is 4.29. The summed E-state index contributed by atoms with van der Waals surface area (Å²) < 4.78 is 0. The van der Waals surface area contributed by atoms with Crippen LogP contribution in [0, 0.1) is 0 Å². The smallest absolute Gasteiger partial charge is 0.137 e. The fourth-order valence-corrected chi connectivity index (χ4v) is 2.79. The third kappa shape index (κ3) is 2.73. The lowest BCUT2D eigenvalue weighted by atomic mass is 9.98. The zero-order chi connectivity index (χ0) is 14.9. The van der Waals surface area contributed by atoms with Crippen LogP contribution in [0.3, 0.4) is 0 Å². The second-order valence-corrected chi connectivity index (χ2v) is 6.52. The molecule has 0 atom stereocenters. The number of hydrogen-bond donors (Lipinski definition) is 1. The Morgan fingerprint density at radius 3 is 2.50 bits per heavy atom. The Bertz CT molecular complexity index is 469. The fourth-order valence-electron chi connectivity index (χ4n) is 2.79. The van der Waals surface area contributed by atoms with E-state index in [1.54, 1.807) is 6.33 Å². The first kappa shape index (κ1) is 15.0. The van der Waals surface area contributed by atoms with Crippen molar-refractivity contribution >= 4 is 11.6 Å². The molecular weight excluding hydrogens is 250 g/mol. The lowest BCUT2D eigenvalue weighted by molar-refractivity contribution is 0.138. The Hall–Kier alpha value is -1.36. The topological polar surface area (TPSA) is 44.3 Å². The van der Waals surface area contributed by atoms with E-state index in [-0.39, 0.29) is 5.54 Å². The molecule has 1 fully saturated rings. The average Bonchev–Trinajstić information content (AvgIpc) is 2.40. The predicted molar refractivity (Wildman–Crippen MR) is 84.6 cm³/mol. The van der Waals surface area contributed by atoms with Crippen LogP contribution in [0.4, 0.5) is 11.6 Å². The molecule has 1 aromatic heterocycles. The van der Waals surface area contributed by atoms with Crippen LogP contribution in [-0.2, 0) is 0 Å². The van der Waals surface area contributed by atoms with E-state index in [0.29, 0.717) is 5.92 Å². The van der Waals surface area contributed by atoms with Gasteiger partial charge >= 0.3 is 0 Å². The first-order valence-corrected chi connectivity index (χ1v) is 7.35. The van der Waals surface area contributed by atoms with Crippen molar-refractivity contribution in [1.82, 2.24) is 14.9 Å². The molecule has 20 heavy (non-hydrogen) atoms. The van der Waals surface area contributed by atoms with Crippen LogP contribution in [0.1, 0.15) is 39.2 Å². The number of hydrogen-bond acceptors (Lipinski definition) is 5. The van der Waals surface area contributed by atoms with Gasteiger partial charge in [0.1, 0.15) is 18.0 Å². The first-order chi connectivity index (χ1) is 9.36. The predicted octanol–water partition coefficient (Wildman–Crippen LogP) is 2.17. The molecular formula is C15H27N5. The second kappa shape index (κ2) is 5.56. The van der Waals surface area contributed by atoms with Crippen LogP contribution in [0.25, 0.3) is 0 Å². The van der Waals surface area contributed by atoms with E-state index >= 15 is 0 Å². The van der Waals surface area contributed by atoms with Gasteiger partial charge in [-0.05, 0) is 26.8 Å². The van der Waals surface area contributed by atoms with Crippen molar-refractivity contribution in [2.24, 2.45) is 0 Å². The quantitative estimate of drug-likeness (QED) is 0.917. The van der Waals surface area contributed by atoms with E-state index < -0.39 is 0 Å². The van der Waals surface area contributed by atoms with Crippen molar-refractivity contribution in [2.75, 3.05) is 43.9 Å². The molecule has 1 aliphatic rings. The van der Waals surface area contributed by atoms with Gasteiger partial charge < -0.3 is 10.2 Å². The minimum absolute atomic E-state index is 0.164. The summed E-state index contributed by atoms with van der Waals surface area (Å²) in [6.07, 6.45) is 1.67. The maximum absolute atomic E-state index is 4.58. The highest BCUT2D eigenvalue weighted by Crippen LogP contribution is 2.33. The maximum atomic E-state index is 4.58. The van der Waals surface area contributed by atoms with E-state index in [0.717, 1.165) is 31.3 Å². The van der Waals surface area contributed by atoms with E-state index in [1.165, 1.54) is 5.56 Å². The lowest BCUT2D eigenvalue weighted by Crippen LogP contribution is -2.58. The minimum atomic E-state index is 0.164. The lowest BCUT2D eigenvalue weighted by Gasteiger charge is -2.46. The van der Waals surface area contributed by atoms with Gasteiger partial charge in [-0.3, -0.25) is 4.90 Å². The fraction of sp³-hybridized carbons (Fsp3) is 0.733. The summed E-state index contributed by atoms with van der Waals surface area (Å²) in [6, 6.07) is 0. The molecule has 0 saturated carbocycles. The van der Waals surface area contributed by atoms with Gasteiger partial charge in [-0.1, -0.05) is 13.8 Å². The molecule has 2 rings (SSSR count). The number of piperazine rings is 1. The van der Waals surface area contributed by atoms with Gasteiger partial charge in [0.15, 0.2) is 0 Å². The largest absolute Gasteiger partial charge is 0.373 e. The van der Waals surface area contributed by atoms with Crippen LogP contribution >= 0.6 is 0 Å². The zero-order valence-corrected chi connectivity index (χ0v) is 13.6. The van der Waals surface area contributed by atoms with E-state index in [9.17, 15) is 0 Å². The molecule has 0 aliphatic carbocycles. The van der Waals surface area contributed by atoms with Gasteiger partial charge in [0.2, 0.25) is 0 Å². The SMILES string of the molecule is CNc1ncnc(N2CCN(C)C(C)(C)C2)c1C(C)C. The number of aromatic nitrogens is 2. The maximum Gasteiger partial charge on any atom is 0.137 e. The normalized spacial score (nSPS) is 19.4. The molecule has 0 bridgehead atoms. The molecule has 0 unspecified atom stereocenters. The summed E-state index contributed by atoms with van der Waals surface area (Å²) in [5.41, 5.74) is 1.38. The van der Waals surface area contributed by atoms with Crippen molar-refractivity contribution in [3.63, 3.8) is 0 Å². The highest BCUT2D eigenvalue weighted by molar-refractivity contribution is 5.60. The summed E-state index contributed by atoms with van der Waals surface area (Å²) >= 11 is 0. The van der Waals surface area contributed by atoms with Crippen molar-refractivity contribution in [1.29, 1.82) is 0 Å². The molecule has 2 heterocycles. The van der Waals surface area contributed by atoms with Crippen LogP contribution < -0.4 is 10.2 Å². The van der Waals surface area contributed by atoms with Crippen molar-refractivity contribution < 1.29 is 0 Å². The number of likely N-dealkylation sites (N-methyl/N-ethyl adjacent to an activating group) is 1. The highest BCUT2D eigenvalue weighted by atomic mass is 15.3. The summed E-state index contributed by atoms with van der Waals surface area (Å²) in [4.78, 5) is 13.8. The van der Waals surface area contributed by atoms with Crippen molar-refractivity contribution in [3.05, 3.63) is 11.9 Å². The first-order valence-electron chi connectivity index (χ1n) is 7.35. The molecule has 0 radical (unpaired) electrons. The number of nitrogens with one attached hydrogen (secondary N) is 1. The van der Waals surface area contributed by atoms with Gasteiger partial charge in [0, 0.05) is 37.8 Å². The molecule has 1 aliphatic heterocycles. The van der Waals surface area contributed by atoms with Gasteiger partial charge in [-0.2, -0.15) is 0 Å². The van der Waals surface area contributed by atoms with Gasteiger partial charge in [0.25, 0.3) is 0 Å². The third-order valence-corrected chi connectivity index (χ3v) is 4.29. The summed E-state index contributed by atoms with van der Waals surface area (Å²) in [5, 5.41) is 3.20. The van der Waals surface area contributed by atoms with Crippen LogP contribution in [0.5, 0.6) is 0 Å². The van der Waals surface area contributed by atoms with Crippen LogP contribution in [-0.4, -0.2) is 54.1 Å². The molecule has 1 N–H and O–H groups in total. The standard InChI is InChI=1S/C15H27N5/c1-11(2)12-13(16-5)17-10-18-14(12)20-8-7-19(6)15(3,4)9-20/h10-11H,7-9H2,1-6H3,(H,16,17,18). The average molecular weight is 277 g/mol. The van der Waals surface area contributed by atoms with Crippen molar-refractivity contribution in [2.45, 2.75) is 39.2 Å². The van der Waals surface area contributed by atoms with Crippen LogP contribution in [0.2, 0.25) is 0 Å². The Morgan fingerprint density at radius 2 is 1.95 bits per heavy atom. The van der Waals surface area contributed by atoms with E-state index in [2.05, 4.69) is 59.8 Å². The monoisotopic (exact) mass is 277 g/mol. The van der Waals surface area contributed by atoms with Crippen LogP contribution in [0.15, 0.2) is 6.33 Å². The highest BCUT2D eigenvalue weighted by Gasteiger charge is 2.33. The summed E-state index contributed by atoms with van der Waals surface area (Å²) in [6.45, 7) is 12.0. The van der Waals surface area contributed by atoms with E-state index in [1.807, 2.05) is 7.05 Å². The molecule has 112 valence electrons. The molecule has 0 aromatic carbocycles. The Labute approximate surface area is 122 Å². The van der Waals surface area contributed by atoms with Crippen molar-refractivity contribution in [3.8, 4) is 0 Å². The summed E-state index contributed by atoms with van der Waals surface area (Å²) in [7, 11) is 4.12. The van der Waals surface area contributed by atoms with Gasteiger partial charge in [0.05, 0.1) is 0 Å². The van der Waals surface area contributed by atoms with Gasteiger partial charge in [-0.15, -0.1) is 0 Å². The van der Waals surface area contributed by atoms with E-state index in [4.69, 9.17) is 0 Å². The number of anilines is 2. The molecule has 5 heteroatoms. The molecule has 1 saturated heterocycles. The zero-order valence-electron chi connectivity index (χ0n) is 13.6. The minimum Gasteiger partial charge on any atom is -0.373 e. The molecule has 1 aromatic rings. The Balaban J connectivity index is 2.38. The van der Waals surface area contributed by atoms with Gasteiger partial charge in [-0.25, -0.2) is 9.97 Å². The number of rotatable bonds is 3. The second-order valence-electron chi connectivity index (χ2n) is 6.52. The molecule has 5 nitrogen and oxygen atoms in total. The molecule has 0 spiro atoms. The molecule has 0 amide bonds. The Kier molecular flexibility index (Phi) is 4.18. The Morgan fingerprint density at radius 1 is 1.25 bits per heavy atom. The summed E-state index contributed by atoms with van der Waals surface area (Å²) in [5.74, 6) is 2.43. The number of nitrogens with zero attached hydrogens (tertiary/aromatic N) is 4.